The molecule has 76 valence electrons. The summed E-state index contributed by atoms with van der Waals surface area (Å²) in [5, 5.41) is 11.2. The van der Waals surface area contributed by atoms with Gasteiger partial charge in [-0.15, -0.1) is 0 Å². The number of carboxylic acid groups (broad SMARTS) is 1. The second-order valence-corrected chi connectivity index (χ2v) is 2.79. The van der Waals surface area contributed by atoms with Crippen LogP contribution >= 0.6 is 0 Å². The van der Waals surface area contributed by atoms with E-state index in [0.717, 1.165) is 0 Å². The molecule has 0 saturated carbocycles. The third kappa shape index (κ3) is 5.19. The van der Waals surface area contributed by atoms with Crippen molar-refractivity contribution in [2.45, 2.75) is 19.8 Å². The van der Waals surface area contributed by atoms with E-state index < -0.39 is 11.9 Å². The molecule has 1 amide bonds. The van der Waals surface area contributed by atoms with Gasteiger partial charge < -0.3 is 16.2 Å². The fourth-order valence-electron chi connectivity index (χ4n) is 0.863. The minimum atomic E-state index is -0.879. The molecule has 1 atom stereocenters. The average Bonchev–Trinajstić information content (AvgIpc) is 2.05. The highest BCUT2D eigenvalue weighted by molar-refractivity contribution is 5.77. The Kier molecular flexibility index (Phi) is 5.88. The SMILES string of the molecule is CCC(CNC(=O)CCN)C(=O)O. The summed E-state index contributed by atoms with van der Waals surface area (Å²) in [5.74, 6) is -1.57. The lowest BCUT2D eigenvalue weighted by molar-refractivity contribution is -0.141. The van der Waals surface area contributed by atoms with Gasteiger partial charge in [0.1, 0.15) is 0 Å². The molecule has 0 aromatic heterocycles. The van der Waals surface area contributed by atoms with Crippen LogP contribution in [0, 0.1) is 5.92 Å². The summed E-state index contributed by atoms with van der Waals surface area (Å²) >= 11 is 0. The molecule has 0 aromatic carbocycles. The van der Waals surface area contributed by atoms with Gasteiger partial charge in [0.05, 0.1) is 5.92 Å². The lowest BCUT2D eigenvalue weighted by Gasteiger charge is -2.10. The quantitative estimate of drug-likeness (QED) is 0.527. The predicted molar refractivity (Wildman–Crippen MR) is 48.1 cm³/mol. The van der Waals surface area contributed by atoms with Crippen molar-refractivity contribution in [2.24, 2.45) is 11.7 Å². The van der Waals surface area contributed by atoms with E-state index in [1.807, 2.05) is 0 Å². The van der Waals surface area contributed by atoms with Gasteiger partial charge in [-0.3, -0.25) is 9.59 Å². The van der Waals surface area contributed by atoms with Gasteiger partial charge >= 0.3 is 5.97 Å². The van der Waals surface area contributed by atoms with Gasteiger partial charge in [0.25, 0.3) is 0 Å². The lowest BCUT2D eigenvalue weighted by atomic mass is 10.1. The third-order valence-electron chi connectivity index (χ3n) is 1.76. The first-order valence-corrected chi connectivity index (χ1v) is 4.31. The molecular weight excluding hydrogens is 172 g/mol. The number of nitrogens with two attached hydrogens (primary N) is 1. The van der Waals surface area contributed by atoms with Crippen LogP contribution in [0.1, 0.15) is 19.8 Å². The van der Waals surface area contributed by atoms with Gasteiger partial charge in [-0.2, -0.15) is 0 Å². The van der Waals surface area contributed by atoms with Gasteiger partial charge in [-0.1, -0.05) is 6.92 Å². The zero-order valence-electron chi connectivity index (χ0n) is 7.75. The summed E-state index contributed by atoms with van der Waals surface area (Å²) < 4.78 is 0. The molecule has 0 aliphatic rings. The summed E-state index contributed by atoms with van der Waals surface area (Å²) in [6, 6.07) is 0. The Morgan fingerprint density at radius 3 is 2.54 bits per heavy atom. The first kappa shape index (κ1) is 11.9. The van der Waals surface area contributed by atoms with E-state index in [1.165, 1.54) is 0 Å². The molecular formula is C8H16N2O3. The number of amides is 1. The number of carboxylic acids is 1. The van der Waals surface area contributed by atoms with Gasteiger partial charge in [-0.05, 0) is 6.42 Å². The molecule has 0 rings (SSSR count). The van der Waals surface area contributed by atoms with E-state index in [4.69, 9.17) is 10.8 Å². The highest BCUT2D eigenvalue weighted by atomic mass is 16.4. The van der Waals surface area contributed by atoms with Crippen LogP contribution in [0.2, 0.25) is 0 Å². The maximum Gasteiger partial charge on any atom is 0.308 e. The van der Waals surface area contributed by atoms with Crippen molar-refractivity contribution in [3.63, 3.8) is 0 Å². The van der Waals surface area contributed by atoms with Crippen LogP contribution in [0.25, 0.3) is 0 Å². The molecule has 0 aromatic rings. The zero-order valence-corrected chi connectivity index (χ0v) is 7.75. The Morgan fingerprint density at radius 1 is 1.54 bits per heavy atom. The normalized spacial score (nSPS) is 12.2. The van der Waals surface area contributed by atoms with Crippen LogP contribution in [0.15, 0.2) is 0 Å². The van der Waals surface area contributed by atoms with Crippen LogP contribution in [0.5, 0.6) is 0 Å². The van der Waals surface area contributed by atoms with Gasteiger partial charge in [0.2, 0.25) is 5.91 Å². The topological polar surface area (TPSA) is 92.4 Å². The standard InChI is InChI=1S/C8H16N2O3/c1-2-6(8(12)13)5-10-7(11)3-4-9/h6H,2-5,9H2,1H3,(H,10,11)(H,12,13). The maximum absolute atomic E-state index is 10.9. The average molecular weight is 188 g/mol. The minimum absolute atomic E-state index is 0.185. The fourth-order valence-corrected chi connectivity index (χ4v) is 0.863. The highest BCUT2D eigenvalue weighted by Gasteiger charge is 2.15. The van der Waals surface area contributed by atoms with Crippen molar-refractivity contribution in [3.8, 4) is 0 Å². The number of hydrogen-bond acceptors (Lipinski definition) is 3. The molecule has 5 nitrogen and oxygen atoms in total. The molecule has 4 N–H and O–H groups in total. The number of nitrogens with one attached hydrogen (secondary N) is 1. The molecule has 0 saturated heterocycles. The summed E-state index contributed by atoms with van der Waals surface area (Å²) in [4.78, 5) is 21.4. The molecule has 1 unspecified atom stereocenters. The monoisotopic (exact) mass is 188 g/mol. The van der Waals surface area contributed by atoms with E-state index in [-0.39, 0.29) is 25.4 Å². The smallest absolute Gasteiger partial charge is 0.308 e. The summed E-state index contributed by atoms with van der Waals surface area (Å²) in [5.41, 5.74) is 5.15. The number of carbonyl (C=O) groups is 2. The van der Waals surface area contributed by atoms with Crippen molar-refractivity contribution in [2.75, 3.05) is 13.1 Å². The van der Waals surface area contributed by atoms with E-state index in [1.54, 1.807) is 6.92 Å². The zero-order chi connectivity index (χ0) is 10.3. The molecule has 0 spiro atoms. The predicted octanol–water partition coefficient (Wildman–Crippen LogP) is -0.438. The van der Waals surface area contributed by atoms with Crippen LogP contribution < -0.4 is 11.1 Å². The van der Waals surface area contributed by atoms with Gasteiger partial charge in [0.15, 0.2) is 0 Å². The van der Waals surface area contributed by atoms with E-state index in [2.05, 4.69) is 5.32 Å². The molecule has 5 heteroatoms. The molecule has 0 aliphatic carbocycles. The van der Waals surface area contributed by atoms with Crippen LogP contribution in [-0.4, -0.2) is 30.1 Å². The van der Waals surface area contributed by atoms with E-state index >= 15 is 0 Å². The van der Waals surface area contributed by atoms with E-state index in [9.17, 15) is 9.59 Å². The van der Waals surface area contributed by atoms with Gasteiger partial charge in [0, 0.05) is 19.5 Å². The Bertz CT molecular complexity index is 182. The summed E-state index contributed by atoms with van der Waals surface area (Å²) in [7, 11) is 0. The Morgan fingerprint density at radius 2 is 2.15 bits per heavy atom. The second-order valence-electron chi connectivity index (χ2n) is 2.79. The molecule has 0 fully saturated rings. The van der Waals surface area contributed by atoms with Crippen molar-refractivity contribution >= 4 is 11.9 Å². The first-order chi connectivity index (χ1) is 6.11. The molecule has 0 aliphatic heterocycles. The molecule has 0 bridgehead atoms. The van der Waals surface area contributed by atoms with Crippen molar-refractivity contribution < 1.29 is 14.7 Å². The molecule has 0 radical (unpaired) electrons. The number of carbonyl (C=O) groups excluding carboxylic acids is 1. The van der Waals surface area contributed by atoms with Crippen LogP contribution in [-0.2, 0) is 9.59 Å². The number of rotatable bonds is 6. The van der Waals surface area contributed by atoms with E-state index in [0.29, 0.717) is 6.42 Å². The maximum atomic E-state index is 10.9. The van der Waals surface area contributed by atoms with Crippen molar-refractivity contribution in [3.05, 3.63) is 0 Å². The highest BCUT2D eigenvalue weighted by Crippen LogP contribution is 2.00. The third-order valence-corrected chi connectivity index (χ3v) is 1.76. The van der Waals surface area contributed by atoms with Gasteiger partial charge in [-0.25, -0.2) is 0 Å². The minimum Gasteiger partial charge on any atom is -0.481 e. The summed E-state index contributed by atoms with van der Waals surface area (Å²) in [6.07, 6.45) is 0.758. The van der Waals surface area contributed by atoms with Crippen LogP contribution in [0.3, 0.4) is 0 Å². The Labute approximate surface area is 77.3 Å². The fraction of sp³-hybridized carbons (Fsp3) is 0.750. The Balaban J connectivity index is 3.72. The molecule has 0 heterocycles. The largest absolute Gasteiger partial charge is 0.481 e. The van der Waals surface area contributed by atoms with Crippen LogP contribution in [0.4, 0.5) is 0 Å². The summed E-state index contributed by atoms with van der Waals surface area (Å²) in [6.45, 7) is 2.24. The molecule has 13 heavy (non-hydrogen) atoms. The Hall–Kier alpha value is -1.10. The van der Waals surface area contributed by atoms with Crippen molar-refractivity contribution in [1.29, 1.82) is 0 Å². The second kappa shape index (κ2) is 6.42. The number of hydrogen-bond donors (Lipinski definition) is 3. The lowest BCUT2D eigenvalue weighted by Crippen LogP contribution is -2.33. The van der Waals surface area contributed by atoms with Crippen molar-refractivity contribution in [1.82, 2.24) is 5.32 Å². The number of aliphatic carboxylic acids is 1. The first-order valence-electron chi connectivity index (χ1n) is 4.31.